The van der Waals surface area contributed by atoms with Gasteiger partial charge >= 0.3 is 0 Å². The van der Waals surface area contributed by atoms with Crippen molar-refractivity contribution in [3.05, 3.63) is 59.7 Å². The molecule has 0 N–H and O–H groups in total. The Morgan fingerprint density at radius 3 is 2.66 bits per heavy atom. The number of hydrogen-bond acceptors (Lipinski definition) is 6. The Bertz CT molecular complexity index is 1110. The summed E-state index contributed by atoms with van der Waals surface area (Å²) in [5.41, 5.74) is 0.225. The second-order valence-electron chi connectivity index (χ2n) is 9.34. The highest BCUT2D eigenvalue weighted by Crippen LogP contribution is 2.41. The number of rotatable bonds is 8. The Morgan fingerprint density at radius 1 is 1.11 bits per heavy atom. The molecule has 3 aliphatic heterocycles. The molecule has 2 fully saturated rings. The zero-order valence-electron chi connectivity index (χ0n) is 19.9. The van der Waals surface area contributed by atoms with E-state index in [0.717, 1.165) is 18.4 Å². The molecular formula is C27H30N2O6. The van der Waals surface area contributed by atoms with Crippen molar-refractivity contribution in [1.29, 1.82) is 0 Å². The first-order valence-electron chi connectivity index (χ1n) is 12.2. The van der Waals surface area contributed by atoms with Gasteiger partial charge in [-0.2, -0.15) is 0 Å². The van der Waals surface area contributed by atoms with Crippen LogP contribution in [0.25, 0.3) is 0 Å². The highest BCUT2D eigenvalue weighted by Gasteiger charge is 2.54. The van der Waals surface area contributed by atoms with Crippen LogP contribution in [0.3, 0.4) is 0 Å². The van der Waals surface area contributed by atoms with Crippen LogP contribution in [0.5, 0.6) is 11.5 Å². The molecule has 3 heterocycles. The van der Waals surface area contributed by atoms with Crippen LogP contribution in [0.1, 0.15) is 43.7 Å². The summed E-state index contributed by atoms with van der Waals surface area (Å²) in [5.74, 6) is 0.471. The number of carbonyl (C=O) groups is 3. The summed E-state index contributed by atoms with van der Waals surface area (Å²) in [7, 11) is 0. The molecule has 184 valence electrons. The number of fused-ring (bicyclic) bond motifs is 1. The third-order valence-corrected chi connectivity index (χ3v) is 7.15. The third-order valence-electron chi connectivity index (χ3n) is 7.15. The monoisotopic (exact) mass is 478 g/mol. The minimum Gasteiger partial charge on any atom is -0.454 e. The van der Waals surface area contributed by atoms with Crippen LogP contribution in [0.4, 0.5) is 0 Å². The fourth-order valence-corrected chi connectivity index (χ4v) is 5.22. The first-order chi connectivity index (χ1) is 17.0. The lowest BCUT2D eigenvalue weighted by atomic mass is 9.75. The molecule has 0 saturated carbocycles. The number of imide groups is 1. The summed E-state index contributed by atoms with van der Waals surface area (Å²) in [6, 6.07) is 14.6. The van der Waals surface area contributed by atoms with Crippen molar-refractivity contribution in [2.45, 2.75) is 50.7 Å². The van der Waals surface area contributed by atoms with Gasteiger partial charge in [0.15, 0.2) is 11.5 Å². The lowest BCUT2D eigenvalue weighted by molar-refractivity contribution is -0.143. The van der Waals surface area contributed by atoms with E-state index < -0.39 is 5.41 Å². The fourth-order valence-electron chi connectivity index (χ4n) is 5.22. The van der Waals surface area contributed by atoms with Crippen LogP contribution in [-0.2, 0) is 31.1 Å². The summed E-state index contributed by atoms with van der Waals surface area (Å²) >= 11 is 0. The zero-order valence-corrected chi connectivity index (χ0v) is 19.9. The molecule has 8 heteroatoms. The van der Waals surface area contributed by atoms with Crippen molar-refractivity contribution in [1.82, 2.24) is 9.80 Å². The molecule has 0 aliphatic carbocycles. The van der Waals surface area contributed by atoms with Crippen molar-refractivity contribution < 1.29 is 28.6 Å². The number of amides is 3. The summed E-state index contributed by atoms with van der Waals surface area (Å²) in [4.78, 5) is 43.7. The Balaban J connectivity index is 1.41. The summed E-state index contributed by atoms with van der Waals surface area (Å²) in [6.45, 7) is 3.93. The lowest BCUT2D eigenvalue weighted by Crippen LogP contribution is -2.45. The van der Waals surface area contributed by atoms with Crippen LogP contribution >= 0.6 is 0 Å². The van der Waals surface area contributed by atoms with Gasteiger partial charge in [-0.1, -0.05) is 36.4 Å². The first-order valence-corrected chi connectivity index (χ1v) is 12.2. The highest BCUT2D eigenvalue weighted by atomic mass is 16.7. The average molecular weight is 479 g/mol. The highest BCUT2D eigenvalue weighted by molar-refractivity contribution is 6.10. The second kappa shape index (κ2) is 9.70. The molecule has 8 nitrogen and oxygen atoms in total. The van der Waals surface area contributed by atoms with Gasteiger partial charge in [0, 0.05) is 32.5 Å². The minimum absolute atomic E-state index is 0.0231. The Hall–Kier alpha value is -3.39. The number of ether oxygens (including phenoxy) is 3. The van der Waals surface area contributed by atoms with E-state index in [1.54, 1.807) is 17.0 Å². The van der Waals surface area contributed by atoms with E-state index in [1.807, 2.05) is 43.3 Å². The van der Waals surface area contributed by atoms with Crippen molar-refractivity contribution >= 4 is 17.7 Å². The molecule has 0 aromatic heterocycles. The number of likely N-dealkylation sites (N-methyl/N-ethyl adjacent to an activating group) is 1. The van der Waals surface area contributed by atoms with Gasteiger partial charge in [-0.15, -0.1) is 0 Å². The molecule has 35 heavy (non-hydrogen) atoms. The van der Waals surface area contributed by atoms with E-state index in [2.05, 4.69) is 0 Å². The molecule has 2 aromatic rings. The maximum atomic E-state index is 13.9. The van der Waals surface area contributed by atoms with Crippen molar-refractivity contribution in [2.75, 3.05) is 26.5 Å². The third kappa shape index (κ3) is 4.50. The van der Waals surface area contributed by atoms with Gasteiger partial charge in [-0.05, 0) is 43.0 Å². The molecule has 3 amide bonds. The molecule has 0 radical (unpaired) electrons. The minimum atomic E-state index is -1.23. The first kappa shape index (κ1) is 23.4. The van der Waals surface area contributed by atoms with Crippen molar-refractivity contribution in [3.63, 3.8) is 0 Å². The Morgan fingerprint density at radius 2 is 1.91 bits per heavy atom. The van der Waals surface area contributed by atoms with Crippen LogP contribution < -0.4 is 9.47 Å². The van der Waals surface area contributed by atoms with E-state index >= 15 is 0 Å². The summed E-state index contributed by atoms with van der Waals surface area (Å²) < 4.78 is 16.5. The van der Waals surface area contributed by atoms with E-state index in [1.165, 1.54) is 4.90 Å². The van der Waals surface area contributed by atoms with Gasteiger partial charge < -0.3 is 19.1 Å². The van der Waals surface area contributed by atoms with E-state index in [4.69, 9.17) is 14.2 Å². The molecule has 0 bridgehead atoms. The largest absolute Gasteiger partial charge is 0.454 e. The topological polar surface area (TPSA) is 85.4 Å². The molecule has 2 unspecified atom stereocenters. The predicted octanol–water partition coefficient (Wildman–Crippen LogP) is 3.03. The van der Waals surface area contributed by atoms with Crippen molar-refractivity contribution in [2.24, 2.45) is 0 Å². The normalized spacial score (nSPS) is 23.2. The molecular weight excluding hydrogens is 448 g/mol. The zero-order chi connectivity index (χ0) is 24.4. The van der Waals surface area contributed by atoms with Gasteiger partial charge in [0.2, 0.25) is 24.5 Å². The van der Waals surface area contributed by atoms with Gasteiger partial charge in [0.05, 0.1) is 18.1 Å². The SMILES string of the molecule is CCN(CC1CCCO1)C(=O)CC1(c2ccccc2)CC(=O)N(Cc2ccc3c(c2)OCO3)C1=O. The smallest absolute Gasteiger partial charge is 0.241 e. The van der Waals surface area contributed by atoms with Gasteiger partial charge in [0.25, 0.3) is 0 Å². The summed E-state index contributed by atoms with van der Waals surface area (Å²) in [6.07, 6.45) is 1.85. The molecule has 5 rings (SSSR count). The lowest BCUT2D eigenvalue weighted by Gasteiger charge is -2.31. The van der Waals surface area contributed by atoms with Crippen LogP contribution in [0, 0.1) is 0 Å². The molecule has 2 atom stereocenters. The maximum Gasteiger partial charge on any atom is 0.241 e. The van der Waals surface area contributed by atoms with E-state index in [0.29, 0.717) is 36.8 Å². The van der Waals surface area contributed by atoms with Crippen molar-refractivity contribution in [3.8, 4) is 11.5 Å². The average Bonchev–Trinajstić information content (AvgIpc) is 3.61. The Labute approximate surface area is 204 Å². The van der Waals surface area contributed by atoms with Gasteiger partial charge in [-0.25, -0.2) is 0 Å². The fraction of sp³-hybridized carbons (Fsp3) is 0.444. The van der Waals surface area contributed by atoms with Crippen LogP contribution in [0.15, 0.2) is 48.5 Å². The molecule has 0 spiro atoms. The predicted molar refractivity (Wildman–Crippen MR) is 127 cm³/mol. The number of benzene rings is 2. The van der Waals surface area contributed by atoms with Crippen LogP contribution in [0.2, 0.25) is 0 Å². The maximum absolute atomic E-state index is 13.9. The molecule has 2 aromatic carbocycles. The number of carbonyl (C=O) groups excluding carboxylic acids is 3. The Kier molecular flexibility index (Phi) is 6.47. The van der Waals surface area contributed by atoms with E-state index in [9.17, 15) is 14.4 Å². The summed E-state index contributed by atoms with van der Waals surface area (Å²) in [5, 5.41) is 0. The number of nitrogens with zero attached hydrogens (tertiary/aromatic N) is 2. The standard InChI is InChI=1S/C27H30N2O6/c1-2-28(17-21-9-6-12-33-21)24(30)14-27(20-7-4-3-5-8-20)15-25(31)29(26(27)32)16-19-10-11-22-23(13-19)35-18-34-22/h3-5,7-8,10-11,13,21H,2,6,9,12,14-18H2,1H3. The second-order valence-corrected chi connectivity index (χ2v) is 9.34. The quantitative estimate of drug-likeness (QED) is 0.543. The number of hydrogen-bond donors (Lipinski definition) is 0. The van der Waals surface area contributed by atoms with Gasteiger partial charge in [0.1, 0.15) is 0 Å². The molecule has 2 saturated heterocycles. The molecule has 3 aliphatic rings. The number of likely N-dealkylation sites (tertiary alicyclic amines) is 1. The van der Waals surface area contributed by atoms with E-state index in [-0.39, 0.29) is 50.0 Å². The van der Waals surface area contributed by atoms with Crippen LogP contribution in [-0.4, -0.2) is 60.1 Å². The van der Waals surface area contributed by atoms with Gasteiger partial charge in [-0.3, -0.25) is 19.3 Å².